The second-order valence-electron chi connectivity index (χ2n) is 20.0. The predicted molar refractivity (Wildman–Crippen MR) is 299 cm³/mol. The molecule has 9 N–H and O–H groups in total. The molecule has 4 atom stereocenters. The lowest BCUT2D eigenvalue weighted by atomic mass is 9.94. The Hall–Kier alpha value is -5.43. The number of ether oxygens (including phenoxy) is 4. The van der Waals surface area contributed by atoms with E-state index in [4.69, 9.17) is 29.2 Å². The molecule has 0 radical (unpaired) electrons. The second-order valence-corrected chi connectivity index (χ2v) is 20.0. The number of Topliss-reactive ketones (excluding diaryl/α,β-unsaturated/α-hetero) is 3. The van der Waals surface area contributed by atoms with Crippen LogP contribution in [0.5, 0.6) is 0 Å². The van der Waals surface area contributed by atoms with E-state index in [1.165, 1.54) is 25.7 Å². The third-order valence-corrected chi connectivity index (χ3v) is 13.2. The quantitative estimate of drug-likeness (QED) is 0.0340. The molecule has 24 nitrogen and oxygen atoms in total. The van der Waals surface area contributed by atoms with Crippen molar-refractivity contribution in [3.05, 3.63) is 0 Å². The predicted octanol–water partition coefficient (Wildman–Crippen LogP) is 5.49. The molecule has 24 heteroatoms. The number of carboxylic acids is 4. The van der Waals surface area contributed by atoms with Gasteiger partial charge in [0.25, 0.3) is 0 Å². The molecule has 0 heterocycles. The van der Waals surface area contributed by atoms with Gasteiger partial charge in [-0.1, -0.05) is 90.4 Å². The second kappa shape index (κ2) is 53.9. The normalized spacial score (nSPS) is 12.4. The standard InChI is InChI=1S/C56H96N4O19.CH4O/c1-3-43(42(2)61)21-18-19-31-57-51(66)40-79-38-36-77-34-32-58-52(67)41-78-37-35-76-33-20-23-45(62)26-27-47(55(72)73)59-50(65)30-28-48(56(74)75)60-49(64)29-25-44(54(70)71)39-46(63)22-16-14-12-10-8-6-4-5-7-9-11-13-15-17-24-53(68)69;1-2/h43-44,47-48H,3-41H2,1-2H3,(H,57,66)(H,58,67)(H,59,65)(H,60,64)(H,68,69)(H,70,71)(H,72,73)(H,74,75);2H,1H3/t43-,44+,47-,48-;/m0./s1. The van der Waals surface area contributed by atoms with Crippen molar-refractivity contribution >= 4 is 64.9 Å². The topological polar surface area (TPSA) is 374 Å². The van der Waals surface area contributed by atoms with Crippen LogP contribution in [0.25, 0.3) is 0 Å². The van der Waals surface area contributed by atoms with Gasteiger partial charge in [0.2, 0.25) is 23.6 Å². The molecule has 0 aliphatic rings. The molecule has 468 valence electrons. The summed E-state index contributed by atoms with van der Waals surface area (Å²) in [6, 6.07) is -2.97. The van der Waals surface area contributed by atoms with Gasteiger partial charge in [-0.15, -0.1) is 0 Å². The molecule has 0 aromatic heterocycles. The summed E-state index contributed by atoms with van der Waals surface area (Å²) in [6.07, 6.45) is 16.5. The monoisotopic (exact) mass is 1160 g/mol. The largest absolute Gasteiger partial charge is 0.481 e. The van der Waals surface area contributed by atoms with Crippen LogP contribution in [0.1, 0.15) is 200 Å². The zero-order valence-electron chi connectivity index (χ0n) is 48.7. The van der Waals surface area contributed by atoms with Crippen LogP contribution in [0.4, 0.5) is 0 Å². The Morgan fingerprint density at radius 2 is 0.815 bits per heavy atom. The molecule has 0 saturated carbocycles. The first-order chi connectivity index (χ1) is 38.9. The smallest absolute Gasteiger partial charge is 0.326 e. The van der Waals surface area contributed by atoms with E-state index in [1.54, 1.807) is 6.92 Å². The number of carbonyl (C=O) groups is 11. The number of carbonyl (C=O) groups excluding carboxylic acids is 7. The van der Waals surface area contributed by atoms with E-state index in [1.807, 2.05) is 6.92 Å². The lowest BCUT2D eigenvalue weighted by Gasteiger charge is -2.17. The third-order valence-electron chi connectivity index (χ3n) is 13.2. The number of hydrogen-bond donors (Lipinski definition) is 9. The van der Waals surface area contributed by atoms with Crippen LogP contribution in [0, 0.1) is 11.8 Å². The van der Waals surface area contributed by atoms with Gasteiger partial charge in [0.05, 0.1) is 39.0 Å². The van der Waals surface area contributed by atoms with Crippen LogP contribution in [-0.4, -0.2) is 176 Å². The van der Waals surface area contributed by atoms with Crippen molar-refractivity contribution in [1.29, 1.82) is 0 Å². The SMILES string of the molecule is CC[C@@H](CCCCNC(=O)COCCOCCNC(=O)COCCOCCCC(=O)CC[C@H](NC(=O)CC[C@H](NC(=O)CC[C@H](CC(=O)CCCCCCCCCCCCCCCCC(=O)O)C(=O)O)C(=O)O)C(=O)O)C(C)=O.CO. The summed E-state index contributed by atoms with van der Waals surface area (Å²) in [7, 11) is 1.00. The number of nitrogens with one attached hydrogen (secondary N) is 4. The lowest BCUT2D eigenvalue weighted by molar-refractivity contribution is -0.145. The highest BCUT2D eigenvalue weighted by Crippen LogP contribution is 2.18. The van der Waals surface area contributed by atoms with Gasteiger partial charge in [0.15, 0.2) is 0 Å². The summed E-state index contributed by atoms with van der Waals surface area (Å²) < 4.78 is 21.4. The number of aliphatic hydroxyl groups is 1. The van der Waals surface area contributed by atoms with E-state index >= 15 is 0 Å². The van der Waals surface area contributed by atoms with E-state index in [9.17, 15) is 68.1 Å². The van der Waals surface area contributed by atoms with Gasteiger partial charge in [-0.25, -0.2) is 9.59 Å². The zero-order chi connectivity index (χ0) is 60.9. The molecule has 0 saturated heterocycles. The number of ketones is 3. The van der Waals surface area contributed by atoms with E-state index < -0.39 is 66.5 Å². The van der Waals surface area contributed by atoms with Gasteiger partial charge < -0.3 is 65.7 Å². The molecule has 0 aromatic rings. The van der Waals surface area contributed by atoms with Gasteiger partial charge in [-0.3, -0.25) is 43.2 Å². The summed E-state index contributed by atoms with van der Waals surface area (Å²) >= 11 is 0. The van der Waals surface area contributed by atoms with Crippen molar-refractivity contribution < 1.29 is 97.2 Å². The minimum Gasteiger partial charge on any atom is -0.481 e. The average molecular weight is 1160 g/mol. The number of amides is 4. The average Bonchev–Trinajstić information content (AvgIpc) is 3.42. The molecule has 0 rings (SSSR count). The molecule has 81 heavy (non-hydrogen) atoms. The maximum atomic E-state index is 12.7. The van der Waals surface area contributed by atoms with Gasteiger partial charge in [-0.05, 0) is 64.7 Å². The van der Waals surface area contributed by atoms with Crippen LogP contribution in [0.3, 0.4) is 0 Å². The molecule has 0 spiro atoms. The van der Waals surface area contributed by atoms with E-state index in [0.717, 1.165) is 90.6 Å². The molecule has 0 aliphatic heterocycles. The minimum absolute atomic E-state index is 0.0759. The van der Waals surface area contributed by atoms with Crippen LogP contribution >= 0.6 is 0 Å². The van der Waals surface area contributed by atoms with Gasteiger partial charge in [0.1, 0.15) is 42.6 Å². The summed E-state index contributed by atoms with van der Waals surface area (Å²) in [5.74, 6) is -8.40. The lowest BCUT2D eigenvalue weighted by Crippen LogP contribution is -2.44. The molecule has 0 fully saturated rings. The van der Waals surface area contributed by atoms with Crippen molar-refractivity contribution in [2.24, 2.45) is 11.8 Å². The molecule has 0 unspecified atom stereocenters. The molecule has 0 aliphatic carbocycles. The van der Waals surface area contributed by atoms with E-state index in [-0.39, 0.29) is 146 Å². The van der Waals surface area contributed by atoms with Crippen molar-refractivity contribution in [2.75, 3.05) is 73.1 Å². The first kappa shape index (κ1) is 77.6. The van der Waals surface area contributed by atoms with Crippen LogP contribution < -0.4 is 21.3 Å². The molecule has 0 aromatic carbocycles. The number of carboxylic acid groups (broad SMARTS) is 4. The fraction of sp³-hybridized carbons (Fsp3) is 0.807. The minimum atomic E-state index is -1.54. The molecular weight excluding hydrogens is 1060 g/mol. The summed E-state index contributed by atoms with van der Waals surface area (Å²) in [4.78, 5) is 132. The zero-order valence-corrected chi connectivity index (χ0v) is 48.7. The van der Waals surface area contributed by atoms with Crippen molar-refractivity contribution in [2.45, 2.75) is 212 Å². The Labute approximate surface area is 479 Å². The molecule has 4 amide bonds. The fourth-order valence-corrected chi connectivity index (χ4v) is 8.41. The van der Waals surface area contributed by atoms with Crippen LogP contribution in [-0.2, 0) is 71.7 Å². The Morgan fingerprint density at radius 3 is 1.28 bits per heavy atom. The Balaban J connectivity index is 0. The van der Waals surface area contributed by atoms with Crippen molar-refractivity contribution in [3.63, 3.8) is 0 Å². The maximum Gasteiger partial charge on any atom is 0.326 e. The number of hydrogen-bond acceptors (Lipinski definition) is 16. The number of aliphatic hydroxyl groups excluding tert-OH is 1. The van der Waals surface area contributed by atoms with Gasteiger partial charge in [0, 0.05) is 77.7 Å². The Morgan fingerprint density at radius 1 is 0.383 bits per heavy atom. The number of unbranched alkanes of at least 4 members (excludes halogenated alkanes) is 14. The summed E-state index contributed by atoms with van der Waals surface area (Å²) in [6.45, 7) is 5.20. The van der Waals surface area contributed by atoms with Crippen molar-refractivity contribution in [1.82, 2.24) is 21.3 Å². The fourth-order valence-electron chi connectivity index (χ4n) is 8.41. The first-order valence-corrected chi connectivity index (χ1v) is 29.2. The van der Waals surface area contributed by atoms with Gasteiger partial charge in [-0.2, -0.15) is 0 Å². The van der Waals surface area contributed by atoms with Crippen molar-refractivity contribution in [3.8, 4) is 0 Å². The Bertz CT molecular complexity index is 1780. The van der Waals surface area contributed by atoms with E-state index in [2.05, 4.69) is 21.3 Å². The number of rotatable bonds is 57. The summed E-state index contributed by atoms with van der Waals surface area (Å²) in [5, 5.41) is 54.6. The maximum absolute atomic E-state index is 12.7. The van der Waals surface area contributed by atoms with Crippen LogP contribution in [0.2, 0.25) is 0 Å². The highest BCUT2D eigenvalue weighted by Gasteiger charge is 2.27. The third kappa shape index (κ3) is 50.1. The van der Waals surface area contributed by atoms with Gasteiger partial charge >= 0.3 is 23.9 Å². The highest BCUT2D eigenvalue weighted by molar-refractivity contribution is 5.87. The molecule has 0 bridgehead atoms. The summed E-state index contributed by atoms with van der Waals surface area (Å²) in [5.41, 5.74) is 0. The van der Waals surface area contributed by atoms with E-state index in [0.29, 0.717) is 19.4 Å². The van der Waals surface area contributed by atoms with Crippen LogP contribution in [0.15, 0.2) is 0 Å². The Kier molecular flexibility index (Phi) is 51.6. The first-order valence-electron chi connectivity index (χ1n) is 29.2. The highest BCUT2D eigenvalue weighted by atomic mass is 16.5. The number of aliphatic carboxylic acids is 4. The molecular formula is C57H100N4O20.